The summed E-state index contributed by atoms with van der Waals surface area (Å²) in [5.41, 5.74) is 2.51. The second-order valence-electron chi connectivity index (χ2n) is 6.28. The molecule has 2 atom stereocenters. The molecular formula is C20H22FNO4. The lowest BCUT2D eigenvalue weighted by Gasteiger charge is -2.18. The number of nitrogens with one attached hydrogen (secondary N) is 1. The highest BCUT2D eigenvalue weighted by Crippen LogP contribution is 2.30. The first-order valence-corrected chi connectivity index (χ1v) is 8.62. The van der Waals surface area contributed by atoms with E-state index in [0.29, 0.717) is 31.7 Å². The molecule has 0 saturated carbocycles. The summed E-state index contributed by atoms with van der Waals surface area (Å²) in [6.07, 6.45) is -0.211. The molecule has 0 bridgehead atoms. The largest absolute Gasteiger partial charge is 0.462 e. The van der Waals surface area contributed by atoms with Crippen LogP contribution in [-0.2, 0) is 16.0 Å². The Morgan fingerprint density at radius 2 is 2.19 bits per heavy atom. The van der Waals surface area contributed by atoms with Crippen LogP contribution in [0.3, 0.4) is 0 Å². The van der Waals surface area contributed by atoms with Crippen LogP contribution < -0.4 is 10.1 Å². The fourth-order valence-electron chi connectivity index (χ4n) is 2.94. The van der Waals surface area contributed by atoms with Crippen molar-refractivity contribution in [1.82, 2.24) is 5.32 Å². The number of aliphatic hydroxyl groups is 1. The molecule has 1 heterocycles. The summed E-state index contributed by atoms with van der Waals surface area (Å²) >= 11 is 0. The smallest absolute Gasteiger partial charge is 0.226 e. The number of amides is 1. The highest BCUT2D eigenvalue weighted by atomic mass is 19.1. The van der Waals surface area contributed by atoms with Gasteiger partial charge in [0.2, 0.25) is 12.2 Å². The molecule has 1 aliphatic heterocycles. The lowest BCUT2D eigenvalue weighted by molar-refractivity contribution is -0.118. The van der Waals surface area contributed by atoms with Crippen molar-refractivity contribution in [3.05, 3.63) is 53.8 Å². The van der Waals surface area contributed by atoms with Crippen LogP contribution in [0.2, 0.25) is 0 Å². The predicted octanol–water partition coefficient (Wildman–Crippen LogP) is 2.66. The number of aliphatic hydroxyl groups excluding tert-OH is 1. The van der Waals surface area contributed by atoms with Crippen molar-refractivity contribution in [3.8, 4) is 16.9 Å². The zero-order valence-electron chi connectivity index (χ0n) is 14.6. The topological polar surface area (TPSA) is 67.8 Å². The standard InChI is InChI=1S/C20H22FNO4/c1-13(23)22-9-7-14-5-6-17(26-20-19(24)8-10-25-20)12-18(14)15-3-2-4-16(21)11-15/h2-6,11-12,19-20,24H,7-10H2,1H3,(H,22,23). The summed E-state index contributed by atoms with van der Waals surface area (Å²) in [7, 11) is 0. The molecule has 1 amide bonds. The molecule has 2 unspecified atom stereocenters. The summed E-state index contributed by atoms with van der Waals surface area (Å²) in [6.45, 7) is 2.41. The van der Waals surface area contributed by atoms with Gasteiger partial charge in [0, 0.05) is 19.9 Å². The molecule has 2 N–H and O–H groups in total. The number of hydrogen-bond acceptors (Lipinski definition) is 4. The third-order valence-corrected chi connectivity index (χ3v) is 4.25. The Bertz CT molecular complexity index is 780. The van der Waals surface area contributed by atoms with Gasteiger partial charge in [0.05, 0.1) is 6.61 Å². The summed E-state index contributed by atoms with van der Waals surface area (Å²) in [4.78, 5) is 11.1. The number of ether oxygens (including phenoxy) is 2. The van der Waals surface area contributed by atoms with Crippen LogP contribution in [-0.4, -0.2) is 36.6 Å². The maximum atomic E-state index is 13.7. The molecule has 0 spiro atoms. The highest BCUT2D eigenvalue weighted by Gasteiger charge is 2.28. The van der Waals surface area contributed by atoms with E-state index in [0.717, 1.165) is 16.7 Å². The van der Waals surface area contributed by atoms with Crippen molar-refractivity contribution in [1.29, 1.82) is 0 Å². The van der Waals surface area contributed by atoms with E-state index in [9.17, 15) is 14.3 Å². The predicted molar refractivity (Wildman–Crippen MR) is 95.2 cm³/mol. The van der Waals surface area contributed by atoms with Crippen molar-refractivity contribution in [2.45, 2.75) is 32.2 Å². The van der Waals surface area contributed by atoms with E-state index in [1.807, 2.05) is 18.2 Å². The molecule has 138 valence electrons. The minimum atomic E-state index is -0.694. The van der Waals surface area contributed by atoms with Gasteiger partial charge in [-0.1, -0.05) is 18.2 Å². The Morgan fingerprint density at radius 3 is 2.88 bits per heavy atom. The number of carbonyl (C=O) groups is 1. The van der Waals surface area contributed by atoms with Crippen molar-refractivity contribution < 1.29 is 23.8 Å². The van der Waals surface area contributed by atoms with Crippen LogP contribution >= 0.6 is 0 Å². The second-order valence-corrected chi connectivity index (χ2v) is 6.28. The van der Waals surface area contributed by atoms with Gasteiger partial charge in [0.1, 0.15) is 17.7 Å². The molecule has 2 aromatic rings. The Labute approximate surface area is 151 Å². The highest BCUT2D eigenvalue weighted by molar-refractivity contribution is 5.73. The molecule has 1 fully saturated rings. The fraction of sp³-hybridized carbons (Fsp3) is 0.350. The van der Waals surface area contributed by atoms with E-state index < -0.39 is 12.4 Å². The van der Waals surface area contributed by atoms with Gasteiger partial charge in [-0.05, 0) is 47.4 Å². The summed E-state index contributed by atoms with van der Waals surface area (Å²) in [5.74, 6) is 0.124. The monoisotopic (exact) mass is 359 g/mol. The van der Waals surface area contributed by atoms with E-state index >= 15 is 0 Å². The van der Waals surface area contributed by atoms with E-state index in [4.69, 9.17) is 9.47 Å². The zero-order chi connectivity index (χ0) is 18.5. The van der Waals surface area contributed by atoms with Gasteiger partial charge in [-0.3, -0.25) is 4.79 Å². The number of rotatable bonds is 6. The third kappa shape index (κ3) is 4.59. The molecule has 26 heavy (non-hydrogen) atoms. The number of halogens is 1. The van der Waals surface area contributed by atoms with Crippen LogP contribution in [0.15, 0.2) is 42.5 Å². The molecule has 3 rings (SSSR count). The van der Waals surface area contributed by atoms with Crippen molar-refractivity contribution in [2.75, 3.05) is 13.2 Å². The summed E-state index contributed by atoms with van der Waals surface area (Å²) in [6, 6.07) is 11.8. The van der Waals surface area contributed by atoms with Gasteiger partial charge < -0.3 is 19.9 Å². The zero-order valence-corrected chi connectivity index (χ0v) is 14.6. The average Bonchev–Trinajstić information content (AvgIpc) is 3.00. The van der Waals surface area contributed by atoms with Gasteiger partial charge in [-0.25, -0.2) is 4.39 Å². The number of hydrogen-bond donors (Lipinski definition) is 2. The van der Waals surface area contributed by atoms with Crippen LogP contribution in [0.4, 0.5) is 4.39 Å². The van der Waals surface area contributed by atoms with Gasteiger partial charge in [-0.2, -0.15) is 0 Å². The molecule has 2 aromatic carbocycles. The van der Waals surface area contributed by atoms with Gasteiger partial charge in [0.25, 0.3) is 0 Å². The fourth-order valence-corrected chi connectivity index (χ4v) is 2.94. The van der Waals surface area contributed by atoms with E-state index in [1.165, 1.54) is 19.1 Å². The van der Waals surface area contributed by atoms with E-state index in [2.05, 4.69) is 5.32 Å². The lowest BCUT2D eigenvalue weighted by Crippen LogP contribution is -2.27. The minimum absolute atomic E-state index is 0.0929. The summed E-state index contributed by atoms with van der Waals surface area (Å²) in [5, 5.41) is 12.6. The normalized spacial score (nSPS) is 19.3. The van der Waals surface area contributed by atoms with Gasteiger partial charge in [0.15, 0.2) is 0 Å². The maximum absolute atomic E-state index is 13.7. The van der Waals surface area contributed by atoms with Crippen molar-refractivity contribution in [2.24, 2.45) is 0 Å². The Hall–Kier alpha value is -2.44. The molecular weight excluding hydrogens is 337 g/mol. The summed E-state index contributed by atoms with van der Waals surface area (Å²) < 4.78 is 24.8. The van der Waals surface area contributed by atoms with Crippen LogP contribution in [0, 0.1) is 5.82 Å². The first kappa shape index (κ1) is 18.4. The number of carbonyl (C=O) groups excluding carboxylic acids is 1. The van der Waals surface area contributed by atoms with Crippen molar-refractivity contribution >= 4 is 5.91 Å². The van der Waals surface area contributed by atoms with Gasteiger partial charge >= 0.3 is 0 Å². The average molecular weight is 359 g/mol. The SMILES string of the molecule is CC(=O)NCCc1ccc(OC2OCCC2O)cc1-c1cccc(F)c1. The van der Waals surface area contributed by atoms with Gasteiger partial charge in [-0.15, -0.1) is 0 Å². The molecule has 0 aliphatic carbocycles. The van der Waals surface area contributed by atoms with Crippen LogP contribution in [0.5, 0.6) is 5.75 Å². The van der Waals surface area contributed by atoms with E-state index in [1.54, 1.807) is 12.1 Å². The molecule has 0 radical (unpaired) electrons. The van der Waals surface area contributed by atoms with E-state index in [-0.39, 0.29) is 11.7 Å². The minimum Gasteiger partial charge on any atom is -0.462 e. The maximum Gasteiger partial charge on any atom is 0.226 e. The Morgan fingerprint density at radius 1 is 1.35 bits per heavy atom. The first-order valence-electron chi connectivity index (χ1n) is 8.62. The molecule has 1 saturated heterocycles. The second kappa shape index (κ2) is 8.29. The molecule has 0 aromatic heterocycles. The lowest BCUT2D eigenvalue weighted by atomic mass is 9.97. The molecule has 1 aliphatic rings. The Kier molecular flexibility index (Phi) is 5.85. The first-order chi connectivity index (χ1) is 12.5. The molecule has 6 heteroatoms. The third-order valence-electron chi connectivity index (χ3n) is 4.25. The van der Waals surface area contributed by atoms with Crippen LogP contribution in [0.1, 0.15) is 18.9 Å². The number of benzene rings is 2. The van der Waals surface area contributed by atoms with Crippen LogP contribution in [0.25, 0.3) is 11.1 Å². The Balaban J connectivity index is 1.87. The quantitative estimate of drug-likeness (QED) is 0.832. The van der Waals surface area contributed by atoms with Crippen molar-refractivity contribution in [3.63, 3.8) is 0 Å². The molecule has 5 nitrogen and oxygen atoms in total.